The van der Waals surface area contributed by atoms with Crippen LogP contribution in [0.3, 0.4) is 0 Å². The Labute approximate surface area is 183 Å². The number of rotatable bonds is 9. The van der Waals surface area contributed by atoms with E-state index in [4.69, 9.17) is 4.74 Å². The second-order valence-corrected chi connectivity index (χ2v) is 7.39. The molecule has 1 aliphatic heterocycles. The van der Waals surface area contributed by atoms with Crippen LogP contribution in [-0.4, -0.2) is 59.4 Å². The molecule has 1 fully saturated rings. The predicted molar refractivity (Wildman–Crippen MR) is 121 cm³/mol. The first-order valence-corrected chi connectivity index (χ1v) is 10.8. The number of hydrogen-bond donors (Lipinski definition) is 1. The van der Waals surface area contributed by atoms with Crippen LogP contribution >= 0.6 is 0 Å². The van der Waals surface area contributed by atoms with Gasteiger partial charge in [-0.2, -0.15) is 0 Å². The number of ether oxygens (including phenoxy) is 1. The number of aliphatic hydroxyl groups excluding tert-OH is 1. The van der Waals surface area contributed by atoms with Crippen molar-refractivity contribution in [2.75, 3.05) is 32.8 Å². The zero-order valence-corrected chi connectivity index (χ0v) is 18.4. The van der Waals surface area contributed by atoms with Gasteiger partial charge >= 0.3 is 0 Å². The number of ketones is 1. The minimum atomic E-state index is -0.653. The smallest absolute Gasteiger partial charge is 0.295 e. The normalized spacial score (nSPS) is 18.1. The van der Waals surface area contributed by atoms with Crippen LogP contribution in [0.1, 0.15) is 37.9 Å². The highest BCUT2D eigenvalue weighted by Gasteiger charge is 2.45. The van der Waals surface area contributed by atoms with Gasteiger partial charge < -0.3 is 19.6 Å². The van der Waals surface area contributed by atoms with E-state index in [2.05, 4.69) is 18.7 Å². The van der Waals surface area contributed by atoms with Crippen molar-refractivity contribution in [2.45, 2.75) is 26.8 Å². The Morgan fingerprint density at radius 3 is 2.23 bits per heavy atom. The van der Waals surface area contributed by atoms with Gasteiger partial charge in [-0.1, -0.05) is 44.2 Å². The third kappa shape index (κ3) is 4.80. The third-order valence-electron chi connectivity index (χ3n) is 5.65. The number of carbonyl (C=O) groups excluding carboxylic acids is 2. The first kappa shape index (κ1) is 22.6. The summed E-state index contributed by atoms with van der Waals surface area (Å²) in [7, 11) is 0. The van der Waals surface area contributed by atoms with Gasteiger partial charge in [-0.05, 0) is 49.8 Å². The Morgan fingerprint density at radius 1 is 1.00 bits per heavy atom. The van der Waals surface area contributed by atoms with Crippen molar-refractivity contribution < 1.29 is 19.4 Å². The molecule has 1 N–H and O–H groups in total. The van der Waals surface area contributed by atoms with Gasteiger partial charge in [0.15, 0.2) is 0 Å². The van der Waals surface area contributed by atoms with Crippen LogP contribution in [0.4, 0.5) is 0 Å². The summed E-state index contributed by atoms with van der Waals surface area (Å²) < 4.78 is 5.46. The highest BCUT2D eigenvalue weighted by atomic mass is 16.5. The van der Waals surface area contributed by atoms with Crippen molar-refractivity contribution in [3.8, 4) is 5.75 Å². The van der Waals surface area contributed by atoms with E-state index in [0.717, 1.165) is 18.7 Å². The average Bonchev–Trinajstić information content (AvgIpc) is 3.05. The fraction of sp³-hybridized carbons (Fsp3) is 0.360. The molecule has 6 nitrogen and oxygen atoms in total. The summed E-state index contributed by atoms with van der Waals surface area (Å²) in [4.78, 5) is 29.8. The topological polar surface area (TPSA) is 70.1 Å². The molecule has 0 saturated carbocycles. The molecule has 164 valence electrons. The Bertz CT molecular complexity index is 934. The molecule has 0 spiro atoms. The molecule has 3 rings (SSSR count). The lowest BCUT2D eigenvalue weighted by Crippen LogP contribution is -2.38. The van der Waals surface area contributed by atoms with E-state index in [1.807, 2.05) is 37.3 Å². The van der Waals surface area contributed by atoms with Crippen molar-refractivity contribution in [1.82, 2.24) is 9.80 Å². The van der Waals surface area contributed by atoms with E-state index >= 15 is 0 Å². The molecule has 6 heteroatoms. The van der Waals surface area contributed by atoms with Crippen molar-refractivity contribution in [3.05, 3.63) is 71.3 Å². The first-order chi connectivity index (χ1) is 15.0. The molecule has 2 aromatic rings. The number of Topliss-reactive ketones (excluding diaryl/α,β-unsaturated/α-hetero) is 1. The maximum absolute atomic E-state index is 13.0. The lowest BCUT2D eigenvalue weighted by molar-refractivity contribution is -0.140. The molecular formula is C25H30N2O4. The van der Waals surface area contributed by atoms with Crippen LogP contribution in [0.15, 0.2) is 60.2 Å². The van der Waals surface area contributed by atoms with E-state index in [1.165, 1.54) is 0 Å². The minimum Gasteiger partial charge on any atom is -0.507 e. The predicted octanol–water partition coefficient (Wildman–Crippen LogP) is 3.85. The van der Waals surface area contributed by atoms with Gasteiger partial charge in [-0.15, -0.1) is 0 Å². The molecule has 0 aliphatic carbocycles. The highest BCUT2D eigenvalue weighted by Crippen LogP contribution is 2.39. The molecule has 1 saturated heterocycles. The molecular weight excluding hydrogens is 392 g/mol. The Balaban J connectivity index is 2.03. The molecule has 1 amide bonds. The molecule has 1 heterocycles. The van der Waals surface area contributed by atoms with E-state index < -0.39 is 17.7 Å². The van der Waals surface area contributed by atoms with Crippen LogP contribution in [0.25, 0.3) is 5.76 Å². The summed E-state index contributed by atoms with van der Waals surface area (Å²) in [5, 5.41) is 11.1. The Kier molecular flexibility index (Phi) is 7.47. The number of aliphatic hydroxyl groups is 1. The first-order valence-electron chi connectivity index (χ1n) is 10.8. The van der Waals surface area contributed by atoms with Gasteiger partial charge in [-0.3, -0.25) is 9.59 Å². The number of carbonyl (C=O) groups is 2. The molecule has 1 aliphatic rings. The zero-order chi connectivity index (χ0) is 22.4. The number of likely N-dealkylation sites (tertiary alicyclic amines) is 1. The largest absolute Gasteiger partial charge is 0.507 e. The summed E-state index contributed by atoms with van der Waals surface area (Å²) in [5.74, 6) is -0.716. The summed E-state index contributed by atoms with van der Waals surface area (Å²) in [5.41, 5.74) is 1.40. The van der Waals surface area contributed by atoms with Crippen LogP contribution in [0.5, 0.6) is 5.75 Å². The van der Waals surface area contributed by atoms with Crippen LogP contribution in [-0.2, 0) is 9.59 Å². The quantitative estimate of drug-likeness (QED) is 0.378. The zero-order valence-electron chi connectivity index (χ0n) is 18.4. The lowest BCUT2D eigenvalue weighted by atomic mass is 9.95. The summed E-state index contributed by atoms with van der Waals surface area (Å²) in [6.07, 6.45) is 0. The molecule has 1 unspecified atom stereocenters. The fourth-order valence-corrected chi connectivity index (χ4v) is 3.91. The lowest BCUT2D eigenvalue weighted by Gasteiger charge is -2.28. The standard InChI is InChI=1S/C25H30N2O4/c1-4-26(5-2)16-17-27-22(18-10-8-7-9-11-18)21(24(29)25(27)30)23(28)19-12-14-20(15-13-19)31-6-3/h7-15,22,28H,4-6,16-17H2,1-3H3/b23-21-. The maximum Gasteiger partial charge on any atom is 0.295 e. The third-order valence-corrected chi connectivity index (χ3v) is 5.65. The second-order valence-electron chi connectivity index (χ2n) is 7.39. The fourth-order valence-electron chi connectivity index (χ4n) is 3.91. The van der Waals surface area contributed by atoms with Crippen molar-refractivity contribution in [2.24, 2.45) is 0 Å². The minimum absolute atomic E-state index is 0.125. The molecule has 0 radical (unpaired) electrons. The van der Waals surface area contributed by atoms with Gasteiger partial charge in [0.1, 0.15) is 11.5 Å². The van der Waals surface area contributed by atoms with E-state index in [1.54, 1.807) is 29.2 Å². The monoisotopic (exact) mass is 422 g/mol. The number of benzene rings is 2. The molecule has 0 bridgehead atoms. The summed E-state index contributed by atoms with van der Waals surface area (Å²) >= 11 is 0. The Morgan fingerprint density at radius 2 is 1.65 bits per heavy atom. The van der Waals surface area contributed by atoms with Crippen LogP contribution in [0.2, 0.25) is 0 Å². The second kappa shape index (κ2) is 10.3. The SMILES string of the molecule is CCOc1ccc(/C(O)=C2/C(=O)C(=O)N(CCN(CC)CC)C2c2ccccc2)cc1. The number of nitrogens with zero attached hydrogens (tertiary/aromatic N) is 2. The van der Waals surface area contributed by atoms with Gasteiger partial charge in [0.2, 0.25) is 0 Å². The van der Waals surface area contributed by atoms with E-state index in [9.17, 15) is 14.7 Å². The molecule has 31 heavy (non-hydrogen) atoms. The average molecular weight is 423 g/mol. The highest BCUT2D eigenvalue weighted by molar-refractivity contribution is 6.46. The van der Waals surface area contributed by atoms with Gasteiger partial charge in [0.25, 0.3) is 11.7 Å². The maximum atomic E-state index is 13.0. The summed E-state index contributed by atoms with van der Waals surface area (Å²) in [6, 6.07) is 15.7. The van der Waals surface area contributed by atoms with Gasteiger partial charge in [0.05, 0.1) is 18.2 Å². The van der Waals surface area contributed by atoms with E-state index in [0.29, 0.717) is 31.0 Å². The number of amides is 1. The van der Waals surface area contributed by atoms with Crippen molar-refractivity contribution >= 4 is 17.4 Å². The van der Waals surface area contributed by atoms with Gasteiger partial charge in [-0.25, -0.2) is 0 Å². The van der Waals surface area contributed by atoms with Crippen molar-refractivity contribution in [3.63, 3.8) is 0 Å². The van der Waals surface area contributed by atoms with E-state index in [-0.39, 0.29) is 11.3 Å². The summed E-state index contributed by atoms with van der Waals surface area (Å²) in [6.45, 7) is 9.37. The van der Waals surface area contributed by atoms with Crippen LogP contribution in [0, 0.1) is 0 Å². The van der Waals surface area contributed by atoms with Crippen LogP contribution < -0.4 is 4.74 Å². The molecule has 2 aromatic carbocycles. The molecule has 1 atom stereocenters. The van der Waals surface area contributed by atoms with Crippen molar-refractivity contribution in [1.29, 1.82) is 0 Å². The van der Waals surface area contributed by atoms with Gasteiger partial charge in [0, 0.05) is 18.7 Å². The number of likely N-dealkylation sites (N-methyl/N-ethyl adjacent to an activating group) is 1. The number of hydrogen-bond acceptors (Lipinski definition) is 5. The molecule has 0 aromatic heterocycles. The Hall–Kier alpha value is -3.12.